The number of carbonyl (C=O) groups is 1. The van der Waals surface area contributed by atoms with E-state index in [2.05, 4.69) is 24.4 Å². The summed E-state index contributed by atoms with van der Waals surface area (Å²) in [6, 6.07) is 13.5. The molecule has 0 amide bonds. The van der Waals surface area contributed by atoms with Gasteiger partial charge in [-0.3, -0.25) is 0 Å². The van der Waals surface area contributed by atoms with Gasteiger partial charge in [0, 0.05) is 17.9 Å². The van der Waals surface area contributed by atoms with E-state index in [4.69, 9.17) is 10.5 Å². The van der Waals surface area contributed by atoms with Crippen molar-refractivity contribution in [3.05, 3.63) is 59.2 Å². The van der Waals surface area contributed by atoms with Gasteiger partial charge in [0.15, 0.2) is 0 Å². The highest BCUT2D eigenvalue weighted by Crippen LogP contribution is 2.20. The number of anilines is 2. The zero-order chi connectivity index (χ0) is 15.2. The van der Waals surface area contributed by atoms with Gasteiger partial charge < -0.3 is 15.8 Å². The van der Waals surface area contributed by atoms with E-state index in [0.717, 1.165) is 18.7 Å². The van der Waals surface area contributed by atoms with Crippen LogP contribution in [0.3, 0.4) is 0 Å². The van der Waals surface area contributed by atoms with Crippen LogP contribution < -0.4 is 11.1 Å². The van der Waals surface area contributed by atoms with Crippen molar-refractivity contribution in [2.45, 2.75) is 13.3 Å². The number of hydrogen-bond donors (Lipinski definition) is 2. The van der Waals surface area contributed by atoms with Crippen molar-refractivity contribution < 1.29 is 9.53 Å². The number of methoxy groups -OCH3 is 1. The molecule has 0 aliphatic heterocycles. The Balaban J connectivity index is 2.07. The van der Waals surface area contributed by atoms with E-state index in [9.17, 15) is 4.79 Å². The number of benzene rings is 2. The van der Waals surface area contributed by atoms with E-state index in [0.29, 0.717) is 11.3 Å². The van der Waals surface area contributed by atoms with Crippen LogP contribution in [0.25, 0.3) is 0 Å². The van der Waals surface area contributed by atoms with Crippen LogP contribution in [0.4, 0.5) is 11.4 Å². The first-order valence-electron chi connectivity index (χ1n) is 6.88. The van der Waals surface area contributed by atoms with Gasteiger partial charge in [0.2, 0.25) is 0 Å². The van der Waals surface area contributed by atoms with E-state index in [1.54, 1.807) is 18.2 Å². The van der Waals surface area contributed by atoms with Crippen LogP contribution in [0.1, 0.15) is 21.5 Å². The first-order valence-corrected chi connectivity index (χ1v) is 6.88. The van der Waals surface area contributed by atoms with Crippen LogP contribution in [-0.4, -0.2) is 19.6 Å². The van der Waals surface area contributed by atoms with Crippen LogP contribution in [0, 0.1) is 6.92 Å². The second-order valence-corrected chi connectivity index (χ2v) is 4.90. The molecule has 2 aromatic rings. The lowest BCUT2D eigenvalue weighted by atomic mass is 10.1. The molecular weight excluding hydrogens is 264 g/mol. The molecule has 4 heteroatoms. The monoisotopic (exact) mass is 284 g/mol. The highest BCUT2D eigenvalue weighted by molar-refractivity contribution is 5.96. The predicted molar refractivity (Wildman–Crippen MR) is 85.6 cm³/mol. The zero-order valence-corrected chi connectivity index (χ0v) is 12.3. The lowest BCUT2D eigenvalue weighted by molar-refractivity contribution is 0.0602. The molecule has 4 nitrogen and oxygen atoms in total. The summed E-state index contributed by atoms with van der Waals surface area (Å²) in [4.78, 5) is 11.8. The molecule has 0 bridgehead atoms. The second kappa shape index (κ2) is 6.79. The molecule has 0 saturated heterocycles. The SMILES string of the molecule is COC(=O)c1cc(N)ccc1NCCc1ccccc1C. The Hall–Kier alpha value is -2.49. The number of hydrogen-bond acceptors (Lipinski definition) is 4. The third kappa shape index (κ3) is 3.75. The molecule has 0 spiro atoms. The average Bonchev–Trinajstić information content (AvgIpc) is 2.49. The van der Waals surface area contributed by atoms with E-state index in [1.165, 1.54) is 18.2 Å². The van der Waals surface area contributed by atoms with E-state index in [-0.39, 0.29) is 5.97 Å². The topological polar surface area (TPSA) is 64.3 Å². The maximum atomic E-state index is 11.8. The van der Waals surface area contributed by atoms with Crippen molar-refractivity contribution in [1.82, 2.24) is 0 Å². The molecule has 21 heavy (non-hydrogen) atoms. The van der Waals surface area contributed by atoms with Gasteiger partial charge in [-0.1, -0.05) is 24.3 Å². The van der Waals surface area contributed by atoms with Crippen LogP contribution >= 0.6 is 0 Å². The molecule has 0 fully saturated rings. The number of nitrogens with two attached hydrogens (primary N) is 1. The van der Waals surface area contributed by atoms with Crippen molar-refractivity contribution >= 4 is 17.3 Å². The Morgan fingerprint density at radius 1 is 1.24 bits per heavy atom. The smallest absolute Gasteiger partial charge is 0.340 e. The Morgan fingerprint density at radius 2 is 2.00 bits per heavy atom. The van der Waals surface area contributed by atoms with E-state index in [1.807, 2.05) is 12.1 Å². The summed E-state index contributed by atoms with van der Waals surface area (Å²) in [6.45, 7) is 2.83. The summed E-state index contributed by atoms with van der Waals surface area (Å²) in [6.07, 6.45) is 0.887. The molecule has 0 unspecified atom stereocenters. The molecule has 2 rings (SSSR count). The van der Waals surface area contributed by atoms with Crippen molar-refractivity contribution in [2.24, 2.45) is 0 Å². The number of nitrogen functional groups attached to an aromatic ring is 1. The fraction of sp³-hybridized carbons (Fsp3) is 0.235. The minimum atomic E-state index is -0.388. The van der Waals surface area contributed by atoms with Gasteiger partial charge in [-0.2, -0.15) is 0 Å². The van der Waals surface area contributed by atoms with Crippen molar-refractivity contribution in [3.8, 4) is 0 Å². The lowest BCUT2D eigenvalue weighted by Crippen LogP contribution is -2.11. The number of carbonyl (C=O) groups excluding carboxylic acids is 1. The fourth-order valence-corrected chi connectivity index (χ4v) is 2.22. The average molecular weight is 284 g/mol. The first kappa shape index (κ1) is 14.9. The molecule has 2 aromatic carbocycles. The Bertz CT molecular complexity index is 638. The molecular formula is C17H20N2O2. The molecule has 3 N–H and O–H groups in total. The minimum Gasteiger partial charge on any atom is -0.465 e. The van der Waals surface area contributed by atoms with Gasteiger partial charge in [-0.15, -0.1) is 0 Å². The minimum absolute atomic E-state index is 0.388. The molecule has 0 aliphatic rings. The number of aryl methyl sites for hydroxylation is 1. The van der Waals surface area contributed by atoms with Gasteiger partial charge in [0.05, 0.1) is 12.7 Å². The van der Waals surface area contributed by atoms with Gasteiger partial charge in [-0.25, -0.2) is 4.79 Å². The molecule has 0 heterocycles. The second-order valence-electron chi connectivity index (χ2n) is 4.90. The quantitative estimate of drug-likeness (QED) is 0.654. The molecule has 0 saturated carbocycles. The summed E-state index contributed by atoms with van der Waals surface area (Å²) >= 11 is 0. The van der Waals surface area contributed by atoms with Gasteiger partial charge in [0.25, 0.3) is 0 Å². The Morgan fingerprint density at radius 3 is 2.71 bits per heavy atom. The van der Waals surface area contributed by atoms with Crippen molar-refractivity contribution in [2.75, 3.05) is 24.7 Å². The zero-order valence-electron chi connectivity index (χ0n) is 12.3. The molecule has 0 aromatic heterocycles. The fourth-order valence-electron chi connectivity index (χ4n) is 2.22. The van der Waals surface area contributed by atoms with Crippen molar-refractivity contribution in [3.63, 3.8) is 0 Å². The predicted octanol–water partition coefficient (Wildman–Crippen LogP) is 3.02. The van der Waals surface area contributed by atoms with E-state index >= 15 is 0 Å². The largest absolute Gasteiger partial charge is 0.465 e. The number of ether oxygens (including phenoxy) is 1. The highest BCUT2D eigenvalue weighted by atomic mass is 16.5. The summed E-state index contributed by atoms with van der Waals surface area (Å²) in [5, 5.41) is 3.28. The Kier molecular flexibility index (Phi) is 4.82. The van der Waals surface area contributed by atoms with Crippen LogP contribution in [0.2, 0.25) is 0 Å². The molecule has 110 valence electrons. The summed E-state index contributed by atoms with van der Waals surface area (Å²) in [7, 11) is 1.36. The molecule has 0 aliphatic carbocycles. The molecule has 0 atom stereocenters. The number of nitrogens with one attached hydrogen (secondary N) is 1. The maximum absolute atomic E-state index is 11.8. The third-order valence-electron chi connectivity index (χ3n) is 3.42. The first-order chi connectivity index (χ1) is 10.1. The van der Waals surface area contributed by atoms with Gasteiger partial charge in [-0.05, 0) is 42.7 Å². The third-order valence-corrected chi connectivity index (χ3v) is 3.42. The number of esters is 1. The van der Waals surface area contributed by atoms with E-state index < -0.39 is 0 Å². The summed E-state index contributed by atoms with van der Waals surface area (Å²) < 4.78 is 4.78. The van der Waals surface area contributed by atoms with Crippen molar-refractivity contribution in [1.29, 1.82) is 0 Å². The highest BCUT2D eigenvalue weighted by Gasteiger charge is 2.12. The molecule has 0 radical (unpaired) electrons. The Labute approximate surface area is 124 Å². The standard InChI is InChI=1S/C17H20N2O2/c1-12-5-3-4-6-13(12)9-10-19-16-8-7-14(18)11-15(16)17(20)21-2/h3-8,11,19H,9-10,18H2,1-2H3. The summed E-state index contributed by atoms with van der Waals surface area (Å²) in [5.41, 5.74) is 10.0. The summed E-state index contributed by atoms with van der Waals surface area (Å²) in [5.74, 6) is -0.388. The van der Waals surface area contributed by atoms with Crippen LogP contribution in [0.15, 0.2) is 42.5 Å². The maximum Gasteiger partial charge on any atom is 0.340 e. The van der Waals surface area contributed by atoms with Crippen LogP contribution in [0.5, 0.6) is 0 Å². The lowest BCUT2D eigenvalue weighted by Gasteiger charge is -2.12. The van der Waals surface area contributed by atoms with Gasteiger partial charge >= 0.3 is 5.97 Å². The van der Waals surface area contributed by atoms with Gasteiger partial charge in [0.1, 0.15) is 0 Å². The number of rotatable bonds is 5. The van der Waals surface area contributed by atoms with Crippen LogP contribution in [-0.2, 0) is 11.2 Å². The normalized spacial score (nSPS) is 10.2.